The van der Waals surface area contributed by atoms with Crippen molar-refractivity contribution in [3.8, 4) is 0 Å². The molecular formula is C20H21N3O5S. The topological polar surface area (TPSA) is 96.0 Å². The molecule has 1 aromatic heterocycles. The first kappa shape index (κ1) is 20.5. The van der Waals surface area contributed by atoms with E-state index in [9.17, 15) is 19.2 Å². The summed E-state index contributed by atoms with van der Waals surface area (Å²) in [4.78, 5) is 51.8. The van der Waals surface area contributed by atoms with Gasteiger partial charge in [0.15, 0.2) is 6.61 Å². The number of ether oxygens (including phenoxy) is 1. The third-order valence-electron chi connectivity index (χ3n) is 4.51. The molecule has 1 saturated heterocycles. The number of piperazine rings is 1. The molecule has 2 heterocycles. The van der Waals surface area contributed by atoms with Crippen LogP contribution in [-0.4, -0.2) is 66.3 Å². The van der Waals surface area contributed by atoms with Crippen LogP contribution in [0.3, 0.4) is 0 Å². The maximum absolute atomic E-state index is 12.3. The van der Waals surface area contributed by atoms with Gasteiger partial charge < -0.3 is 19.9 Å². The van der Waals surface area contributed by atoms with Crippen molar-refractivity contribution in [2.24, 2.45) is 0 Å². The number of carbonyl (C=O) groups excluding carboxylic acids is 4. The lowest BCUT2D eigenvalue weighted by Crippen LogP contribution is -2.51. The number of amides is 3. The Hall–Kier alpha value is -3.20. The maximum Gasteiger partial charge on any atom is 0.338 e. The normalized spacial score (nSPS) is 13.7. The number of hydrogen-bond donors (Lipinski definition) is 1. The molecule has 0 atom stereocenters. The van der Waals surface area contributed by atoms with Crippen molar-refractivity contribution in [2.45, 2.75) is 6.92 Å². The van der Waals surface area contributed by atoms with Gasteiger partial charge in [0.05, 0.1) is 10.4 Å². The van der Waals surface area contributed by atoms with Gasteiger partial charge in [0.2, 0.25) is 5.91 Å². The molecule has 0 bridgehead atoms. The van der Waals surface area contributed by atoms with Gasteiger partial charge in [0, 0.05) is 38.8 Å². The fourth-order valence-corrected chi connectivity index (χ4v) is 3.52. The zero-order valence-electron chi connectivity index (χ0n) is 15.9. The zero-order valence-corrected chi connectivity index (χ0v) is 16.7. The number of nitrogens with zero attached hydrogens (tertiary/aromatic N) is 2. The highest BCUT2D eigenvalue weighted by molar-refractivity contribution is 7.12. The highest BCUT2D eigenvalue weighted by Gasteiger charge is 2.23. The largest absolute Gasteiger partial charge is 0.452 e. The number of nitrogens with one attached hydrogen (secondary N) is 1. The van der Waals surface area contributed by atoms with Crippen LogP contribution in [0, 0.1) is 0 Å². The van der Waals surface area contributed by atoms with Gasteiger partial charge in [-0.2, -0.15) is 0 Å². The standard InChI is InChI=1S/C20H21N3O5S/c1-14(24)22-7-9-23(10-8-22)18(25)13-28-20(27)15-4-2-5-16(12-15)21-19(26)17-6-3-11-29-17/h2-6,11-12H,7-10,13H2,1H3,(H,21,26). The molecule has 3 amide bonds. The molecule has 0 aliphatic carbocycles. The van der Waals surface area contributed by atoms with Crippen molar-refractivity contribution in [3.63, 3.8) is 0 Å². The van der Waals surface area contributed by atoms with E-state index in [2.05, 4.69) is 5.32 Å². The minimum absolute atomic E-state index is 0.0189. The summed E-state index contributed by atoms with van der Waals surface area (Å²) in [7, 11) is 0. The lowest BCUT2D eigenvalue weighted by Gasteiger charge is -2.34. The van der Waals surface area contributed by atoms with Gasteiger partial charge in [0.25, 0.3) is 11.8 Å². The molecule has 29 heavy (non-hydrogen) atoms. The van der Waals surface area contributed by atoms with Crippen LogP contribution in [0.5, 0.6) is 0 Å². The number of anilines is 1. The summed E-state index contributed by atoms with van der Waals surface area (Å²) in [6.45, 7) is 2.91. The molecule has 3 rings (SSSR count). The molecule has 152 valence electrons. The van der Waals surface area contributed by atoms with Crippen LogP contribution in [0.25, 0.3) is 0 Å². The summed E-state index contributed by atoms with van der Waals surface area (Å²) < 4.78 is 5.13. The predicted molar refractivity (Wildman–Crippen MR) is 108 cm³/mol. The Morgan fingerprint density at radius 3 is 2.41 bits per heavy atom. The molecular weight excluding hydrogens is 394 g/mol. The first-order valence-electron chi connectivity index (χ1n) is 9.09. The first-order chi connectivity index (χ1) is 13.9. The van der Waals surface area contributed by atoms with E-state index >= 15 is 0 Å². The molecule has 1 aliphatic rings. The molecule has 0 saturated carbocycles. The summed E-state index contributed by atoms with van der Waals surface area (Å²) in [5.41, 5.74) is 0.702. The second-order valence-electron chi connectivity index (χ2n) is 6.48. The third kappa shape index (κ3) is 5.41. The maximum atomic E-state index is 12.3. The fraction of sp³-hybridized carbons (Fsp3) is 0.300. The van der Waals surface area contributed by atoms with Gasteiger partial charge in [-0.05, 0) is 29.6 Å². The van der Waals surface area contributed by atoms with Crippen LogP contribution < -0.4 is 5.32 Å². The van der Waals surface area contributed by atoms with E-state index in [-0.39, 0.29) is 29.9 Å². The van der Waals surface area contributed by atoms with E-state index in [1.807, 2.05) is 0 Å². The van der Waals surface area contributed by atoms with Gasteiger partial charge in [-0.25, -0.2) is 4.79 Å². The molecule has 1 aliphatic heterocycles. The van der Waals surface area contributed by atoms with Gasteiger partial charge in [0.1, 0.15) is 0 Å². The molecule has 2 aromatic rings. The van der Waals surface area contributed by atoms with Crippen molar-refractivity contribution in [3.05, 3.63) is 52.2 Å². The van der Waals surface area contributed by atoms with Crippen LogP contribution in [0.2, 0.25) is 0 Å². The fourth-order valence-electron chi connectivity index (χ4n) is 2.90. The third-order valence-corrected chi connectivity index (χ3v) is 5.37. The summed E-state index contributed by atoms with van der Waals surface area (Å²) in [6.07, 6.45) is 0. The molecule has 1 N–H and O–H groups in total. The van der Waals surface area contributed by atoms with E-state index in [1.165, 1.54) is 24.3 Å². The van der Waals surface area contributed by atoms with Crippen LogP contribution in [-0.2, 0) is 14.3 Å². The minimum atomic E-state index is -0.645. The van der Waals surface area contributed by atoms with E-state index in [0.29, 0.717) is 36.7 Å². The highest BCUT2D eigenvalue weighted by Crippen LogP contribution is 2.15. The second-order valence-corrected chi connectivity index (χ2v) is 7.42. The van der Waals surface area contributed by atoms with Crippen molar-refractivity contribution in [2.75, 3.05) is 38.1 Å². The number of carbonyl (C=O) groups is 4. The smallest absolute Gasteiger partial charge is 0.338 e. The SMILES string of the molecule is CC(=O)N1CCN(C(=O)COC(=O)c2cccc(NC(=O)c3cccs3)c2)CC1. The quantitative estimate of drug-likeness (QED) is 0.752. The first-order valence-corrected chi connectivity index (χ1v) is 9.97. The van der Waals surface area contributed by atoms with Crippen LogP contribution >= 0.6 is 11.3 Å². The number of hydrogen-bond acceptors (Lipinski definition) is 6. The summed E-state index contributed by atoms with van der Waals surface area (Å²) in [5, 5.41) is 4.53. The summed E-state index contributed by atoms with van der Waals surface area (Å²) >= 11 is 1.32. The van der Waals surface area contributed by atoms with Crippen LogP contribution in [0.1, 0.15) is 27.0 Å². The van der Waals surface area contributed by atoms with E-state index in [4.69, 9.17) is 4.74 Å². The number of esters is 1. The van der Waals surface area contributed by atoms with Gasteiger partial charge in [-0.3, -0.25) is 14.4 Å². The Bertz CT molecular complexity index is 905. The van der Waals surface area contributed by atoms with Crippen molar-refractivity contribution >= 4 is 40.7 Å². The Morgan fingerprint density at radius 2 is 1.76 bits per heavy atom. The number of thiophene rings is 1. The second kappa shape index (κ2) is 9.33. The Labute approximate surface area is 172 Å². The van der Waals surface area contributed by atoms with Crippen LogP contribution in [0.15, 0.2) is 41.8 Å². The molecule has 1 fully saturated rings. The van der Waals surface area contributed by atoms with Crippen molar-refractivity contribution < 1.29 is 23.9 Å². The van der Waals surface area contributed by atoms with Crippen molar-refractivity contribution in [1.29, 1.82) is 0 Å². The molecule has 0 radical (unpaired) electrons. The minimum Gasteiger partial charge on any atom is -0.452 e. The lowest BCUT2D eigenvalue weighted by molar-refractivity contribution is -0.140. The van der Waals surface area contributed by atoms with E-state index < -0.39 is 5.97 Å². The zero-order chi connectivity index (χ0) is 20.8. The Balaban J connectivity index is 1.51. The monoisotopic (exact) mass is 415 g/mol. The van der Waals surface area contributed by atoms with Crippen LogP contribution in [0.4, 0.5) is 5.69 Å². The Morgan fingerprint density at radius 1 is 1.03 bits per heavy atom. The average molecular weight is 415 g/mol. The summed E-state index contributed by atoms with van der Waals surface area (Å²) in [5.74, 6) is -1.23. The molecule has 0 spiro atoms. The number of benzene rings is 1. The van der Waals surface area contributed by atoms with Gasteiger partial charge in [-0.15, -0.1) is 11.3 Å². The average Bonchev–Trinajstić information content (AvgIpc) is 3.27. The van der Waals surface area contributed by atoms with Crippen molar-refractivity contribution in [1.82, 2.24) is 9.80 Å². The number of rotatable bonds is 5. The lowest BCUT2D eigenvalue weighted by atomic mass is 10.2. The Kier molecular flexibility index (Phi) is 6.61. The molecule has 1 aromatic carbocycles. The molecule has 8 nitrogen and oxygen atoms in total. The van der Waals surface area contributed by atoms with Gasteiger partial charge in [-0.1, -0.05) is 12.1 Å². The van der Waals surface area contributed by atoms with Gasteiger partial charge >= 0.3 is 5.97 Å². The van der Waals surface area contributed by atoms with E-state index in [1.54, 1.807) is 45.5 Å². The van der Waals surface area contributed by atoms with E-state index in [0.717, 1.165) is 0 Å². The molecule has 0 unspecified atom stereocenters. The highest BCUT2D eigenvalue weighted by atomic mass is 32.1. The molecule has 9 heteroatoms. The summed E-state index contributed by atoms with van der Waals surface area (Å²) in [6, 6.07) is 9.85. The predicted octanol–water partition coefficient (Wildman–Crippen LogP) is 1.85.